The van der Waals surface area contributed by atoms with Crippen LogP contribution in [0.4, 0.5) is 13.2 Å². The Morgan fingerprint density at radius 1 is 1.41 bits per heavy atom. The van der Waals surface area contributed by atoms with Gasteiger partial charge >= 0.3 is 6.18 Å². The minimum Gasteiger partial charge on any atom is -0.380 e. The van der Waals surface area contributed by atoms with Crippen molar-refractivity contribution >= 4 is 5.91 Å². The van der Waals surface area contributed by atoms with Gasteiger partial charge < -0.3 is 15.0 Å². The van der Waals surface area contributed by atoms with Crippen molar-refractivity contribution in [1.29, 1.82) is 0 Å². The summed E-state index contributed by atoms with van der Waals surface area (Å²) < 4.78 is 37.8. The number of carbonyl (C=O) groups excluding carboxylic acids is 1. The first-order valence-electron chi connectivity index (χ1n) is 7.43. The molecule has 2 heterocycles. The highest BCUT2D eigenvalue weighted by Gasteiger charge is 2.45. The summed E-state index contributed by atoms with van der Waals surface area (Å²) in [5.74, 6) is -0.297. The minimum absolute atomic E-state index is 0.252. The van der Waals surface area contributed by atoms with Gasteiger partial charge in [0.25, 0.3) is 5.91 Å². The predicted octanol–water partition coefficient (Wildman–Crippen LogP) is 2.05. The van der Waals surface area contributed by atoms with Crippen LogP contribution in [0.2, 0.25) is 0 Å². The molecule has 5 nitrogen and oxygen atoms in total. The molecule has 3 rings (SSSR count). The van der Waals surface area contributed by atoms with Gasteiger partial charge in [-0.2, -0.15) is 13.2 Å². The maximum atomic E-state index is 12.6. The number of carbonyl (C=O) groups is 1. The third-order valence-electron chi connectivity index (χ3n) is 4.57. The number of hydrogen-bond acceptors (Lipinski definition) is 3. The zero-order valence-corrected chi connectivity index (χ0v) is 12.0. The molecule has 0 unspecified atom stereocenters. The number of halogens is 3. The molecule has 22 heavy (non-hydrogen) atoms. The number of likely N-dealkylation sites (tertiary alicyclic amines) is 1. The molecular weight excluding hydrogens is 299 g/mol. The van der Waals surface area contributed by atoms with Crippen LogP contribution < -0.4 is 0 Å². The maximum Gasteiger partial charge on any atom is 0.432 e. The topological polar surface area (TPSA) is 69.2 Å². The van der Waals surface area contributed by atoms with E-state index in [-0.39, 0.29) is 17.6 Å². The van der Waals surface area contributed by atoms with Crippen molar-refractivity contribution in [3.05, 3.63) is 17.7 Å². The smallest absolute Gasteiger partial charge is 0.380 e. The number of nitrogens with one attached hydrogen (secondary N) is 1. The van der Waals surface area contributed by atoms with Crippen LogP contribution in [-0.4, -0.2) is 44.6 Å². The van der Waals surface area contributed by atoms with Gasteiger partial charge in [-0.05, 0) is 32.1 Å². The number of piperidine rings is 1. The zero-order valence-electron chi connectivity index (χ0n) is 12.0. The van der Waals surface area contributed by atoms with Crippen LogP contribution in [0.5, 0.6) is 0 Å². The van der Waals surface area contributed by atoms with Gasteiger partial charge in [0.1, 0.15) is 17.1 Å². The first kappa shape index (κ1) is 15.3. The van der Waals surface area contributed by atoms with E-state index in [0.29, 0.717) is 38.8 Å². The number of H-pyrrole nitrogens is 1. The Morgan fingerprint density at radius 2 is 2.14 bits per heavy atom. The number of imidazole rings is 1. The van der Waals surface area contributed by atoms with Crippen molar-refractivity contribution < 1.29 is 23.1 Å². The lowest BCUT2D eigenvalue weighted by molar-refractivity contribution is -0.161. The molecule has 1 amide bonds. The molecule has 1 aromatic rings. The first-order valence-corrected chi connectivity index (χ1v) is 7.43. The molecule has 122 valence electrons. The third kappa shape index (κ3) is 2.71. The van der Waals surface area contributed by atoms with E-state index in [2.05, 4.69) is 9.97 Å². The molecule has 8 heteroatoms. The largest absolute Gasteiger partial charge is 0.432 e. The first-order chi connectivity index (χ1) is 10.3. The summed E-state index contributed by atoms with van der Waals surface area (Å²) in [6.07, 6.45) is -0.543. The molecule has 0 radical (unpaired) electrons. The fourth-order valence-electron chi connectivity index (χ4n) is 3.09. The van der Waals surface area contributed by atoms with Crippen LogP contribution in [0.1, 0.15) is 49.5 Å². The van der Waals surface area contributed by atoms with E-state index < -0.39 is 17.5 Å². The summed E-state index contributed by atoms with van der Waals surface area (Å²) in [5.41, 5.74) is -2.13. The van der Waals surface area contributed by atoms with Gasteiger partial charge in [-0.1, -0.05) is 0 Å². The number of nitrogens with zero attached hydrogens (tertiary/aromatic N) is 2. The average Bonchev–Trinajstić information content (AvgIpc) is 2.94. The number of aliphatic hydroxyl groups is 1. The van der Waals surface area contributed by atoms with Gasteiger partial charge in [0, 0.05) is 19.0 Å². The number of amides is 1. The van der Waals surface area contributed by atoms with Gasteiger partial charge in [0.05, 0.1) is 6.20 Å². The van der Waals surface area contributed by atoms with Crippen molar-refractivity contribution in [2.75, 3.05) is 13.1 Å². The molecule has 2 N–H and O–H groups in total. The molecule has 2 fully saturated rings. The Kier molecular flexibility index (Phi) is 3.66. The highest BCUT2D eigenvalue weighted by Crippen LogP contribution is 2.36. The van der Waals surface area contributed by atoms with Gasteiger partial charge in [0.2, 0.25) is 0 Å². The van der Waals surface area contributed by atoms with E-state index in [0.717, 1.165) is 12.6 Å². The monoisotopic (exact) mass is 317 g/mol. The molecule has 1 saturated carbocycles. The Morgan fingerprint density at radius 3 is 2.68 bits per heavy atom. The van der Waals surface area contributed by atoms with Crippen LogP contribution in [0.3, 0.4) is 0 Å². The molecule has 1 saturated heterocycles. The lowest BCUT2D eigenvalue weighted by atomic mass is 9.78. The Labute approximate surface area is 125 Å². The molecule has 1 aromatic heterocycles. The lowest BCUT2D eigenvalue weighted by Gasteiger charge is -2.41. The maximum absolute atomic E-state index is 12.6. The molecule has 1 atom stereocenters. The average molecular weight is 317 g/mol. The molecular formula is C14H18F3N3O2. The third-order valence-corrected chi connectivity index (χ3v) is 4.57. The summed E-state index contributed by atoms with van der Waals surface area (Å²) in [6, 6.07) is 0. The molecule has 1 aliphatic carbocycles. The van der Waals surface area contributed by atoms with Crippen molar-refractivity contribution in [2.45, 2.75) is 49.8 Å². The quantitative estimate of drug-likeness (QED) is 0.877. The number of hydrogen-bond donors (Lipinski definition) is 2. The van der Waals surface area contributed by atoms with Gasteiger partial charge in [-0.25, -0.2) is 4.98 Å². The summed E-state index contributed by atoms with van der Waals surface area (Å²) in [6.45, 7) is 0.830. The number of aromatic amines is 1. The van der Waals surface area contributed by atoms with Crippen LogP contribution >= 0.6 is 0 Å². The Bertz CT molecular complexity index is 566. The van der Waals surface area contributed by atoms with Crippen molar-refractivity contribution in [3.63, 3.8) is 0 Å². The van der Waals surface area contributed by atoms with Gasteiger partial charge in [-0.3, -0.25) is 4.79 Å². The summed E-state index contributed by atoms with van der Waals surface area (Å²) >= 11 is 0. The van der Waals surface area contributed by atoms with E-state index >= 15 is 0 Å². The Balaban J connectivity index is 1.70. The second-order valence-electron chi connectivity index (χ2n) is 6.16. The zero-order chi connectivity index (χ0) is 16.0. The number of alkyl halides is 3. The summed E-state index contributed by atoms with van der Waals surface area (Å²) in [7, 11) is 0. The minimum atomic E-state index is -4.45. The molecule has 1 aliphatic heterocycles. The highest BCUT2D eigenvalue weighted by atomic mass is 19.4. The summed E-state index contributed by atoms with van der Waals surface area (Å²) in [4.78, 5) is 20.0. The number of aromatic nitrogens is 2. The standard InChI is InChI=1S/C14H18F3N3O2/c15-14(16,17)10-7-18-11(19-10)9-3-1-6-20(8-9)12(21)13(22)4-2-5-13/h7,9,22H,1-6,8H2,(H,18,19)/t9-/m0/s1. The van der Waals surface area contributed by atoms with Crippen LogP contribution in [0.15, 0.2) is 6.20 Å². The molecule has 0 spiro atoms. The fraction of sp³-hybridized carbons (Fsp3) is 0.714. The van der Waals surface area contributed by atoms with Crippen molar-refractivity contribution in [1.82, 2.24) is 14.9 Å². The summed E-state index contributed by atoms with van der Waals surface area (Å²) in [5, 5.41) is 10.1. The van der Waals surface area contributed by atoms with Crippen LogP contribution in [0, 0.1) is 0 Å². The highest BCUT2D eigenvalue weighted by molar-refractivity contribution is 5.86. The van der Waals surface area contributed by atoms with E-state index in [1.807, 2.05) is 0 Å². The van der Waals surface area contributed by atoms with E-state index in [1.54, 1.807) is 4.90 Å². The normalized spacial score (nSPS) is 24.9. The molecule has 0 aromatic carbocycles. The van der Waals surface area contributed by atoms with Crippen LogP contribution in [0.25, 0.3) is 0 Å². The SMILES string of the molecule is O=C(N1CCC[C@H](c2ncc(C(F)(F)F)[nH]2)C1)C1(O)CCC1. The van der Waals surface area contributed by atoms with E-state index in [4.69, 9.17) is 0 Å². The second kappa shape index (κ2) is 5.26. The van der Waals surface area contributed by atoms with Gasteiger partial charge in [0.15, 0.2) is 0 Å². The molecule has 2 aliphatic rings. The van der Waals surface area contributed by atoms with Crippen LogP contribution in [-0.2, 0) is 11.0 Å². The van der Waals surface area contributed by atoms with E-state index in [9.17, 15) is 23.1 Å². The fourth-order valence-corrected chi connectivity index (χ4v) is 3.09. The second-order valence-corrected chi connectivity index (χ2v) is 6.16. The van der Waals surface area contributed by atoms with Crippen molar-refractivity contribution in [3.8, 4) is 0 Å². The Hall–Kier alpha value is -1.57. The van der Waals surface area contributed by atoms with Gasteiger partial charge in [-0.15, -0.1) is 0 Å². The lowest BCUT2D eigenvalue weighted by Crippen LogP contribution is -2.55. The number of rotatable bonds is 2. The van der Waals surface area contributed by atoms with E-state index in [1.165, 1.54) is 0 Å². The predicted molar refractivity (Wildman–Crippen MR) is 70.9 cm³/mol. The molecule has 0 bridgehead atoms. The van der Waals surface area contributed by atoms with Crippen molar-refractivity contribution in [2.24, 2.45) is 0 Å².